The van der Waals surface area contributed by atoms with Crippen molar-refractivity contribution in [1.82, 2.24) is 10.6 Å². The van der Waals surface area contributed by atoms with E-state index in [2.05, 4.69) is 10.6 Å². The highest BCUT2D eigenvalue weighted by atomic mass is 16.5. The molecule has 0 aromatic heterocycles. The van der Waals surface area contributed by atoms with E-state index in [0.29, 0.717) is 19.3 Å². The number of fused-ring (bicyclic) bond motifs is 1. The number of primary amides is 1. The number of nitrogens with two attached hydrogens (primary N) is 1. The standard InChI is InChI=1S/C19H27N3O3/c1-12-6-7-13-14(11-18(2,3)25-15(13)10-12)21-17(24)22-19(16(20)23)8-4-5-9-19/h6-7,10,14H,4-5,8-9,11H2,1-3H3,(H2,20,23)(H2,21,22,24)/t14-/m1/s1. The third-order valence-corrected chi connectivity index (χ3v) is 5.21. The van der Waals surface area contributed by atoms with Gasteiger partial charge in [-0.05, 0) is 45.2 Å². The SMILES string of the molecule is Cc1ccc2c(c1)OC(C)(C)C[C@H]2NC(=O)NC1(C(N)=O)CCCC1. The van der Waals surface area contributed by atoms with Crippen LogP contribution in [0.15, 0.2) is 18.2 Å². The van der Waals surface area contributed by atoms with Crippen molar-refractivity contribution in [3.8, 4) is 5.75 Å². The van der Waals surface area contributed by atoms with Gasteiger partial charge in [0.05, 0.1) is 6.04 Å². The van der Waals surface area contributed by atoms with Gasteiger partial charge in [-0.2, -0.15) is 0 Å². The van der Waals surface area contributed by atoms with E-state index in [0.717, 1.165) is 29.7 Å². The second-order valence-corrected chi connectivity index (χ2v) is 7.91. The first-order valence-corrected chi connectivity index (χ1v) is 8.89. The highest BCUT2D eigenvalue weighted by Crippen LogP contribution is 2.40. The molecule has 1 heterocycles. The molecule has 1 aliphatic heterocycles. The third-order valence-electron chi connectivity index (χ3n) is 5.21. The summed E-state index contributed by atoms with van der Waals surface area (Å²) in [5.41, 5.74) is 6.32. The number of urea groups is 1. The van der Waals surface area contributed by atoms with Crippen LogP contribution in [0.5, 0.6) is 5.75 Å². The van der Waals surface area contributed by atoms with Crippen molar-refractivity contribution in [3.05, 3.63) is 29.3 Å². The number of benzene rings is 1. The highest BCUT2D eigenvalue weighted by molar-refractivity contribution is 5.90. The lowest BCUT2D eigenvalue weighted by Crippen LogP contribution is -2.58. The molecule has 136 valence electrons. The van der Waals surface area contributed by atoms with Crippen LogP contribution in [0.4, 0.5) is 4.79 Å². The molecule has 0 spiro atoms. The molecule has 1 saturated carbocycles. The van der Waals surface area contributed by atoms with Crippen LogP contribution in [0.25, 0.3) is 0 Å². The zero-order valence-electron chi connectivity index (χ0n) is 15.1. The van der Waals surface area contributed by atoms with Crippen molar-refractivity contribution in [3.63, 3.8) is 0 Å². The van der Waals surface area contributed by atoms with Gasteiger partial charge in [-0.1, -0.05) is 25.0 Å². The van der Waals surface area contributed by atoms with Gasteiger partial charge in [-0.15, -0.1) is 0 Å². The summed E-state index contributed by atoms with van der Waals surface area (Å²) in [5.74, 6) is 0.343. The Morgan fingerprint density at radius 2 is 1.92 bits per heavy atom. The Labute approximate surface area is 148 Å². The third kappa shape index (κ3) is 3.57. The first-order valence-electron chi connectivity index (χ1n) is 8.89. The van der Waals surface area contributed by atoms with E-state index in [9.17, 15) is 9.59 Å². The second kappa shape index (κ2) is 6.24. The topological polar surface area (TPSA) is 93.4 Å². The summed E-state index contributed by atoms with van der Waals surface area (Å²) in [4.78, 5) is 24.4. The van der Waals surface area contributed by atoms with Crippen molar-refractivity contribution in [2.45, 2.75) is 70.1 Å². The van der Waals surface area contributed by atoms with Crippen LogP contribution in [0.2, 0.25) is 0 Å². The molecule has 3 amide bonds. The number of amides is 3. The molecule has 1 atom stereocenters. The van der Waals surface area contributed by atoms with Gasteiger partial charge in [-0.3, -0.25) is 4.79 Å². The first kappa shape index (κ1) is 17.6. The summed E-state index contributed by atoms with van der Waals surface area (Å²) in [6, 6.07) is 5.46. The van der Waals surface area contributed by atoms with E-state index in [1.54, 1.807) is 0 Å². The lowest BCUT2D eigenvalue weighted by Gasteiger charge is -2.38. The Morgan fingerprint density at radius 1 is 1.24 bits per heavy atom. The molecule has 0 saturated heterocycles. The largest absolute Gasteiger partial charge is 0.487 e. The fourth-order valence-electron chi connectivity index (χ4n) is 3.91. The Morgan fingerprint density at radius 3 is 2.56 bits per heavy atom. The summed E-state index contributed by atoms with van der Waals surface area (Å²) < 4.78 is 6.06. The number of rotatable bonds is 3. The number of carbonyl (C=O) groups is 2. The number of aryl methyl sites for hydroxylation is 1. The van der Waals surface area contributed by atoms with Gasteiger partial charge in [-0.25, -0.2) is 4.79 Å². The molecule has 6 nitrogen and oxygen atoms in total. The first-order chi connectivity index (χ1) is 11.7. The maximum atomic E-state index is 12.6. The molecule has 6 heteroatoms. The molecule has 3 rings (SSSR count). The molecule has 1 aromatic rings. The van der Waals surface area contributed by atoms with Crippen LogP contribution in [0, 0.1) is 6.92 Å². The smallest absolute Gasteiger partial charge is 0.316 e. The van der Waals surface area contributed by atoms with Gasteiger partial charge in [0, 0.05) is 12.0 Å². The minimum absolute atomic E-state index is 0.175. The van der Waals surface area contributed by atoms with Gasteiger partial charge in [0.2, 0.25) is 5.91 Å². The van der Waals surface area contributed by atoms with E-state index in [-0.39, 0.29) is 17.7 Å². The van der Waals surface area contributed by atoms with Crippen LogP contribution in [0.3, 0.4) is 0 Å². The fraction of sp³-hybridized carbons (Fsp3) is 0.579. The Balaban J connectivity index is 1.78. The minimum atomic E-state index is -0.916. The maximum Gasteiger partial charge on any atom is 0.316 e. The molecule has 1 aliphatic carbocycles. The molecule has 1 fully saturated rings. The van der Waals surface area contributed by atoms with Gasteiger partial charge < -0.3 is 21.1 Å². The van der Waals surface area contributed by atoms with Crippen LogP contribution < -0.4 is 21.1 Å². The zero-order valence-corrected chi connectivity index (χ0v) is 15.1. The molecule has 2 aliphatic rings. The molecule has 0 unspecified atom stereocenters. The maximum absolute atomic E-state index is 12.6. The molecule has 4 N–H and O–H groups in total. The van der Waals surface area contributed by atoms with E-state index in [1.807, 2.05) is 39.0 Å². The Kier molecular flexibility index (Phi) is 4.39. The minimum Gasteiger partial charge on any atom is -0.487 e. The van der Waals surface area contributed by atoms with Gasteiger partial charge in [0.25, 0.3) is 0 Å². The van der Waals surface area contributed by atoms with E-state index in [4.69, 9.17) is 10.5 Å². The number of ether oxygens (including phenoxy) is 1. The summed E-state index contributed by atoms with van der Waals surface area (Å²) >= 11 is 0. The van der Waals surface area contributed by atoms with Crippen LogP contribution >= 0.6 is 0 Å². The quantitative estimate of drug-likeness (QED) is 0.786. The molecule has 0 radical (unpaired) electrons. The number of carbonyl (C=O) groups excluding carboxylic acids is 2. The van der Waals surface area contributed by atoms with Crippen molar-refractivity contribution in [2.75, 3.05) is 0 Å². The van der Waals surface area contributed by atoms with E-state index in [1.165, 1.54) is 0 Å². The predicted molar refractivity (Wildman–Crippen MR) is 95.3 cm³/mol. The summed E-state index contributed by atoms with van der Waals surface area (Å²) in [7, 11) is 0. The number of nitrogens with one attached hydrogen (secondary N) is 2. The molecular formula is C19H27N3O3. The normalized spacial score (nSPS) is 23.2. The Bertz CT molecular complexity index is 693. The fourth-order valence-corrected chi connectivity index (χ4v) is 3.91. The van der Waals surface area contributed by atoms with Crippen LogP contribution in [-0.2, 0) is 4.79 Å². The number of hydrogen-bond donors (Lipinski definition) is 3. The van der Waals surface area contributed by atoms with Crippen LogP contribution in [-0.4, -0.2) is 23.1 Å². The molecule has 0 bridgehead atoms. The lowest BCUT2D eigenvalue weighted by molar-refractivity contribution is -0.123. The van der Waals surface area contributed by atoms with Gasteiger partial charge in [0.15, 0.2) is 0 Å². The number of hydrogen-bond acceptors (Lipinski definition) is 3. The van der Waals surface area contributed by atoms with Crippen LogP contribution in [0.1, 0.15) is 63.1 Å². The zero-order chi connectivity index (χ0) is 18.2. The van der Waals surface area contributed by atoms with Crippen molar-refractivity contribution < 1.29 is 14.3 Å². The van der Waals surface area contributed by atoms with Crippen molar-refractivity contribution in [2.24, 2.45) is 5.73 Å². The van der Waals surface area contributed by atoms with Gasteiger partial charge in [0.1, 0.15) is 16.9 Å². The second-order valence-electron chi connectivity index (χ2n) is 7.91. The highest BCUT2D eigenvalue weighted by Gasteiger charge is 2.42. The van der Waals surface area contributed by atoms with Crippen molar-refractivity contribution >= 4 is 11.9 Å². The Hall–Kier alpha value is -2.24. The molecule has 1 aromatic carbocycles. The molecule has 25 heavy (non-hydrogen) atoms. The monoisotopic (exact) mass is 345 g/mol. The lowest BCUT2D eigenvalue weighted by atomic mass is 9.89. The average Bonchev–Trinajstić information content (AvgIpc) is 2.95. The van der Waals surface area contributed by atoms with E-state index < -0.39 is 11.4 Å². The van der Waals surface area contributed by atoms with Gasteiger partial charge >= 0.3 is 6.03 Å². The molecular weight excluding hydrogens is 318 g/mol. The van der Waals surface area contributed by atoms with E-state index >= 15 is 0 Å². The predicted octanol–water partition coefficient (Wildman–Crippen LogP) is 2.69. The summed E-state index contributed by atoms with van der Waals surface area (Å²) in [6.45, 7) is 6.02. The summed E-state index contributed by atoms with van der Waals surface area (Å²) in [6.07, 6.45) is 3.65. The average molecular weight is 345 g/mol. The van der Waals surface area contributed by atoms with Crippen molar-refractivity contribution in [1.29, 1.82) is 0 Å². The summed E-state index contributed by atoms with van der Waals surface area (Å²) in [5, 5.41) is 5.86.